The Labute approximate surface area is 127 Å². The van der Waals surface area contributed by atoms with Crippen molar-refractivity contribution in [3.8, 4) is 0 Å². The normalized spacial score (nSPS) is 20.0. The quantitative estimate of drug-likeness (QED) is 0.868. The molecule has 0 spiro atoms. The first-order valence-corrected chi connectivity index (χ1v) is 7.91. The summed E-state index contributed by atoms with van der Waals surface area (Å²) < 4.78 is 0. The van der Waals surface area contributed by atoms with Crippen LogP contribution in [0.5, 0.6) is 0 Å². The highest BCUT2D eigenvalue weighted by Gasteiger charge is 2.20. The number of pyridine rings is 1. The van der Waals surface area contributed by atoms with Gasteiger partial charge >= 0.3 is 0 Å². The maximum Gasteiger partial charge on any atom is 0.129 e. The number of thiocarbonyl (C=S) groups is 1. The third-order valence-electron chi connectivity index (χ3n) is 4.26. The van der Waals surface area contributed by atoms with Crippen LogP contribution in [0.1, 0.15) is 44.4 Å². The minimum atomic E-state index is 0.451. The number of anilines is 1. The Bertz CT molecular complexity index is 485. The van der Waals surface area contributed by atoms with Crippen molar-refractivity contribution in [3.05, 3.63) is 23.4 Å². The highest BCUT2D eigenvalue weighted by atomic mass is 32.1. The van der Waals surface area contributed by atoms with Gasteiger partial charge in [0.2, 0.25) is 0 Å². The Morgan fingerprint density at radius 3 is 2.75 bits per heavy atom. The Kier molecular flexibility index (Phi) is 4.97. The van der Waals surface area contributed by atoms with Gasteiger partial charge in [-0.2, -0.15) is 0 Å². The summed E-state index contributed by atoms with van der Waals surface area (Å²) in [6.07, 6.45) is 3.80. The van der Waals surface area contributed by atoms with Crippen LogP contribution in [0.3, 0.4) is 0 Å². The van der Waals surface area contributed by atoms with Crippen LogP contribution < -0.4 is 10.6 Å². The molecule has 2 heterocycles. The first kappa shape index (κ1) is 15.2. The summed E-state index contributed by atoms with van der Waals surface area (Å²) in [6, 6.07) is 3.99. The van der Waals surface area contributed by atoms with Gasteiger partial charge in [-0.3, -0.25) is 0 Å². The molecule has 0 aliphatic carbocycles. The lowest BCUT2D eigenvalue weighted by atomic mass is 9.89. The molecule has 3 nitrogen and oxygen atoms in total. The monoisotopic (exact) mass is 291 g/mol. The molecule has 0 bridgehead atoms. The number of aromatic nitrogens is 1. The van der Waals surface area contributed by atoms with Gasteiger partial charge in [-0.05, 0) is 50.2 Å². The van der Waals surface area contributed by atoms with E-state index >= 15 is 0 Å². The number of nitrogens with two attached hydrogens (primary N) is 1. The average Bonchev–Trinajstić information content (AvgIpc) is 2.63. The summed E-state index contributed by atoms with van der Waals surface area (Å²) >= 11 is 5.09. The number of hydrogen-bond donors (Lipinski definition) is 1. The fourth-order valence-electron chi connectivity index (χ4n) is 2.97. The minimum Gasteiger partial charge on any atom is -0.389 e. The van der Waals surface area contributed by atoms with Crippen LogP contribution in [-0.2, 0) is 0 Å². The number of hydrogen-bond acceptors (Lipinski definition) is 3. The first-order valence-electron chi connectivity index (χ1n) is 7.51. The number of rotatable bonds is 3. The van der Waals surface area contributed by atoms with E-state index in [4.69, 9.17) is 18.0 Å². The maximum absolute atomic E-state index is 5.76. The second-order valence-corrected chi connectivity index (χ2v) is 6.58. The van der Waals surface area contributed by atoms with E-state index < -0.39 is 0 Å². The second kappa shape index (κ2) is 6.53. The molecule has 20 heavy (non-hydrogen) atoms. The Morgan fingerprint density at radius 2 is 2.10 bits per heavy atom. The van der Waals surface area contributed by atoms with Crippen molar-refractivity contribution in [2.45, 2.75) is 40.0 Å². The average molecular weight is 291 g/mol. The predicted molar refractivity (Wildman–Crippen MR) is 89.3 cm³/mol. The lowest BCUT2D eigenvalue weighted by molar-refractivity contribution is 0.351. The van der Waals surface area contributed by atoms with Crippen LogP contribution >= 0.6 is 12.2 Å². The van der Waals surface area contributed by atoms with Gasteiger partial charge in [0.05, 0.1) is 0 Å². The molecule has 4 heteroatoms. The zero-order valence-corrected chi connectivity index (χ0v) is 13.5. The maximum atomic E-state index is 5.76. The van der Waals surface area contributed by atoms with Gasteiger partial charge in [0.1, 0.15) is 10.8 Å². The van der Waals surface area contributed by atoms with E-state index in [-0.39, 0.29) is 0 Å². The van der Waals surface area contributed by atoms with Crippen molar-refractivity contribution in [1.29, 1.82) is 0 Å². The van der Waals surface area contributed by atoms with Gasteiger partial charge in [0.15, 0.2) is 0 Å². The number of nitrogens with zero attached hydrogens (tertiary/aromatic N) is 2. The van der Waals surface area contributed by atoms with Crippen molar-refractivity contribution < 1.29 is 0 Å². The third kappa shape index (κ3) is 3.69. The van der Waals surface area contributed by atoms with Crippen LogP contribution in [-0.4, -0.2) is 23.1 Å². The topological polar surface area (TPSA) is 42.1 Å². The largest absolute Gasteiger partial charge is 0.389 e. The third-order valence-corrected chi connectivity index (χ3v) is 4.50. The molecule has 2 rings (SSSR count). The summed E-state index contributed by atoms with van der Waals surface area (Å²) in [6.45, 7) is 8.82. The van der Waals surface area contributed by atoms with Crippen molar-refractivity contribution in [2.24, 2.45) is 17.6 Å². The van der Waals surface area contributed by atoms with Crippen molar-refractivity contribution >= 4 is 23.0 Å². The summed E-state index contributed by atoms with van der Waals surface area (Å²) in [5.74, 6) is 2.63. The zero-order valence-electron chi connectivity index (χ0n) is 12.7. The van der Waals surface area contributed by atoms with Crippen LogP contribution in [0.4, 0.5) is 5.82 Å². The molecule has 0 aromatic carbocycles. The molecule has 1 saturated heterocycles. The van der Waals surface area contributed by atoms with Crippen molar-refractivity contribution in [3.63, 3.8) is 0 Å². The van der Waals surface area contributed by atoms with E-state index in [9.17, 15) is 0 Å². The lowest BCUT2D eigenvalue weighted by Gasteiger charge is -2.23. The fraction of sp³-hybridized carbons (Fsp3) is 0.625. The molecule has 1 unspecified atom stereocenters. The number of aryl methyl sites for hydroxylation is 1. The van der Waals surface area contributed by atoms with Crippen molar-refractivity contribution in [2.75, 3.05) is 18.0 Å². The Balaban J connectivity index is 2.17. The lowest BCUT2D eigenvalue weighted by Crippen LogP contribution is -2.26. The van der Waals surface area contributed by atoms with Gasteiger partial charge in [-0.1, -0.05) is 26.1 Å². The van der Waals surface area contributed by atoms with E-state index in [2.05, 4.69) is 23.7 Å². The molecule has 1 aromatic rings. The van der Waals surface area contributed by atoms with E-state index in [0.717, 1.165) is 42.0 Å². The Hall–Kier alpha value is -1.16. The van der Waals surface area contributed by atoms with Crippen LogP contribution in [0.15, 0.2) is 12.1 Å². The van der Waals surface area contributed by atoms with E-state index in [1.54, 1.807) is 0 Å². The Morgan fingerprint density at radius 1 is 1.35 bits per heavy atom. The molecule has 1 aromatic heterocycles. The molecule has 1 atom stereocenters. The van der Waals surface area contributed by atoms with Gasteiger partial charge < -0.3 is 10.6 Å². The standard InChI is InChI=1S/C16H25N3S/c1-11(2)13-5-4-7-19(8-6-13)15-10-14(16(17)20)9-12(3)18-15/h9-11,13H,4-8H2,1-3H3,(H2,17,20). The minimum absolute atomic E-state index is 0.451. The molecular formula is C16H25N3S. The summed E-state index contributed by atoms with van der Waals surface area (Å²) in [4.78, 5) is 7.50. The molecular weight excluding hydrogens is 266 g/mol. The molecule has 2 N–H and O–H groups in total. The van der Waals surface area contributed by atoms with Gasteiger partial charge in [0.25, 0.3) is 0 Å². The summed E-state index contributed by atoms with van der Waals surface area (Å²) in [5.41, 5.74) is 7.66. The van der Waals surface area contributed by atoms with Crippen LogP contribution in [0, 0.1) is 18.8 Å². The zero-order chi connectivity index (χ0) is 14.7. The van der Waals surface area contributed by atoms with Crippen LogP contribution in [0.2, 0.25) is 0 Å². The fourth-order valence-corrected chi connectivity index (χ4v) is 3.09. The molecule has 1 fully saturated rings. The van der Waals surface area contributed by atoms with E-state index in [1.165, 1.54) is 19.3 Å². The highest BCUT2D eigenvalue weighted by Crippen LogP contribution is 2.27. The molecule has 0 radical (unpaired) electrons. The summed E-state index contributed by atoms with van der Waals surface area (Å²) in [7, 11) is 0. The van der Waals surface area contributed by atoms with E-state index in [0.29, 0.717) is 4.99 Å². The molecule has 1 aliphatic heterocycles. The SMILES string of the molecule is Cc1cc(C(N)=S)cc(N2CCCC(C(C)C)CC2)n1. The molecule has 1 aliphatic rings. The van der Waals surface area contributed by atoms with Gasteiger partial charge in [0, 0.05) is 24.3 Å². The molecule has 0 saturated carbocycles. The predicted octanol–water partition coefficient (Wildman–Crippen LogP) is 3.29. The van der Waals surface area contributed by atoms with Crippen molar-refractivity contribution in [1.82, 2.24) is 4.98 Å². The first-order chi connectivity index (χ1) is 9.47. The smallest absolute Gasteiger partial charge is 0.129 e. The summed E-state index contributed by atoms with van der Waals surface area (Å²) in [5, 5.41) is 0. The highest BCUT2D eigenvalue weighted by molar-refractivity contribution is 7.80. The molecule has 0 amide bonds. The molecule has 110 valence electrons. The van der Waals surface area contributed by atoms with Gasteiger partial charge in [-0.15, -0.1) is 0 Å². The van der Waals surface area contributed by atoms with Gasteiger partial charge in [-0.25, -0.2) is 4.98 Å². The second-order valence-electron chi connectivity index (χ2n) is 6.14. The van der Waals surface area contributed by atoms with E-state index in [1.807, 2.05) is 19.1 Å². The van der Waals surface area contributed by atoms with Crippen LogP contribution in [0.25, 0.3) is 0 Å².